The summed E-state index contributed by atoms with van der Waals surface area (Å²) in [4.78, 5) is 12.7. The molecule has 0 bridgehead atoms. The van der Waals surface area contributed by atoms with Crippen LogP contribution in [0.25, 0.3) is 0 Å². The third-order valence-electron chi connectivity index (χ3n) is 4.60. The van der Waals surface area contributed by atoms with E-state index < -0.39 is 48.2 Å². The zero-order chi connectivity index (χ0) is 19.2. The fourth-order valence-corrected chi connectivity index (χ4v) is 3.60. The van der Waals surface area contributed by atoms with Gasteiger partial charge < -0.3 is 23.7 Å². The van der Waals surface area contributed by atoms with Crippen molar-refractivity contribution in [1.29, 1.82) is 0 Å². The first kappa shape index (κ1) is 18.5. The summed E-state index contributed by atoms with van der Waals surface area (Å²) in [6, 6.07) is 9.46. The minimum absolute atomic E-state index is 0.426. The Kier molecular flexibility index (Phi) is 4.56. The predicted molar refractivity (Wildman–Crippen MR) is 94.7 cm³/mol. The van der Waals surface area contributed by atoms with E-state index in [1.54, 1.807) is 33.9 Å². The highest BCUT2D eigenvalue weighted by atomic mass is 16.9. The lowest BCUT2D eigenvalue weighted by atomic mass is 9.98. The summed E-state index contributed by atoms with van der Waals surface area (Å²) < 4.78 is 29.5. The normalized spacial score (nSPS) is 36.4. The number of nitrogens with one attached hydrogen (secondary N) is 1. The van der Waals surface area contributed by atoms with E-state index in [-0.39, 0.29) is 0 Å². The lowest BCUT2D eigenvalue weighted by molar-refractivity contribution is -0.231. The fourth-order valence-electron chi connectivity index (χ4n) is 3.60. The number of nitrogens with zero attached hydrogens (tertiary/aromatic N) is 1. The molecule has 1 N–H and O–H groups in total. The second kappa shape index (κ2) is 6.65. The SMILES string of the molecule is CC1(C)OC2OC(C(=O)N/N=C/c3ccccc3)C3OC(C)(C)OC3C2O1. The number of ether oxygens (including phenoxy) is 5. The number of benzene rings is 1. The van der Waals surface area contributed by atoms with E-state index in [4.69, 9.17) is 23.7 Å². The molecule has 0 radical (unpaired) electrons. The molecular weight excluding hydrogens is 352 g/mol. The first-order chi connectivity index (χ1) is 12.7. The monoisotopic (exact) mass is 376 g/mol. The van der Waals surface area contributed by atoms with Gasteiger partial charge >= 0.3 is 0 Å². The number of amides is 1. The molecule has 5 atom stereocenters. The third-order valence-corrected chi connectivity index (χ3v) is 4.60. The standard InChI is InChI=1S/C19H24N2O6/c1-18(2)24-12-13(25-18)15-17(27-19(3,4)26-15)23-14(12)16(22)21-20-10-11-8-6-5-7-9-11/h5-10,12-15,17H,1-4H3,(H,21,22)/b20-10+. The predicted octanol–water partition coefficient (Wildman–Crippen LogP) is 1.53. The molecule has 3 aliphatic heterocycles. The summed E-state index contributed by atoms with van der Waals surface area (Å²) in [6.07, 6.45) is -1.64. The summed E-state index contributed by atoms with van der Waals surface area (Å²) in [5.41, 5.74) is 3.39. The van der Waals surface area contributed by atoms with E-state index in [0.717, 1.165) is 5.56 Å². The molecule has 0 spiro atoms. The zero-order valence-electron chi connectivity index (χ0n) is 15.7. The number of hydrazone groups is 1. The molecule has 146 valence electrons. The summed E-state index contributed by atoms with van der Waals surface area (Å²) in [5, 5.41) is 4.01. The number of hydrogen-bond acceptors (Lipinski definition) is 7. The van der Waals surface area contributed by atoms with Gasteiger partial charge in [0.05, 0.1) is 6.21 Å². The number of rotatable bonds is 3. The minimum atomic E-state index is -0.927. The second-order valence-electron chi connectivity index (χ2n) is 7.73. The lowest BCUT2D eigenvalue weighted by Crippen LogP contribution is -2.59. The Morgan fingerprint density at radius 2 is 1.59 bits per heavy atom. The first-order valence-corrected chi connectivity index (χ1v) is 8.99. The molecule has 5 unspecified atom stereocenters. The molecule has 0 saturated carbocycles. The van der Waals surface area contributed by atoms with Crippen LogP contribution in [-0.4, -0.2) is 54.4 Å². The van der Waals surface area contributed by atoms with Gasteiger partial charge in [-0.3, -0.25) is 4.79 Å². The molecule has 8 heteroatoms. The molecule has 0 aromatic heterocycles. The number of hydrogen-bond donors (Lipinski definition) is 1. The van der Waals surface area contributed by atoms with Gasteiger partial charge in [-0.25, -0.2) is 5.43 Å². The molecular formula is C19H24N2O6. The maximum atomic E-state index is 12.7. The zero-order valence-corrected chi connectivity index (χ0v) is 15.7. The van der Waals surface area contributed by atoms with Gasteiger partial charge in [0, 0.05) is 0 Å². The van der Waals surface area contributed by atoms with E-state index in [2.05, 4.69) is 10.5 Å². The van der Waals surface area contributed by atoms with Crippen molar-refractivity contribution in [2.24, 2.45) is 5.10 Å². The first-order valence-electron chi connectivity index (χ1n) is 8.99. The third kappa shape index (κ3) is 3.76. The van der Waals surface area contributed by atoms with Crippen molar-refractivity contribution in [1.82, 2.24) is 5.43 Å². The maximum absolute atomic E-state index is 12.7. The molecule has 8 nitrogen and oxygen atoms in total. The molecule has 4 rings (SSSR count). The van der Waals surface area contributed by atoms with E-state index >= 15 is 0 Å². The molecule has 3 saturated heterocycles. The van der Waals surface area contributed by atoms with Crippen LogP contribution in [0.1, 0.15) is 33.3 Å². The number of carbonyl (C=O) groups is 1. The van der Waals surface area contributed by atoms with Crippen LogP contribution >= 0.6 is 0 Å². The molecule has 1 aromatic carbocycles. The Labute approximate surface area is 157 Å². The van der Waals surface area contributed by atoms with Crippen LogP contribution in [0.15, 0.2) is 35.4 Å². The van der Waals surface area contributed by atoms with Gasteiger partial charge in [0.25, 0.3) is 5.91 Å². The second-order valence-corrected chi connectivity index (χ2v) is 7.73. The van der Waals surface area contributed by atoms with Crippen LogP contribution in [0.3, 0.4) is 0 Å². The van der Waals surface area contributed by atoms with Crippen LogP contribution in [0.2, 0.25) is 0 Å². The van der Waals surface area contributed by atoms with Gasteiger partial charge in [-0.1, -0.05) is 30.3 Å². The highest BCUT2D eigenvalue weighted by molar-refractivity contribution is 5.85. The Morgan fingerprint density at radius 1 is 0.963 bits per heavy atom. The largest absolute Gasteiger partial charge is 0.342 e. The smallest absolute Gasteiger partial charge is 0.272 e. The summed E-state index contributed by atoms with van der Waals surface area (Å²) >= 11 is 0. The van der Waals surface area contributed by atoms with Crippen LogP contribution < -0.4 is 5.43 Å². The van der Waals surface area contributed by atoms with E-state index in [1.807, 2.05) is 30.3 Å². The topological polar surface area (TPSA) is 87.6 Å². The molecule has 27 heavy (non-hydrogen) atoms. The summed E-state index contributed by atoms with van der Waals surface area (Å²) in [6.45, 7) is 7.18. The number of carbonyl (C=O) groups excluding carboxylic acids is 1. The van der Waals surface area contributed by atoms with Crippen LogP contribution in [0, 0.1) is 0 Å². The Balaban J connectivity index is 1.49. The summed E-state index contributed by atoms with van der Waals surface area (Å²) in [7, 11) is 0. The average Bonchev–Trinajstić information content (AvgIpc) is 3.09. The Morgan fingerprint density at radius 3 is 2.33 bits per heavy atom. The molecule has 3 heterocycles. The lowest BCUT2D eigenvalue weighted by Gasteiger charge is -2.36. The van der Waals surface area contributed by atoms with Gasteiger partial charge in [-0.15, -0.1) is 0 Å². The average molecular weight is 376 g/mol. The van der Waals surface area contributed by atoms with Crippen molar-refractivity contribution in [3.05, 3.63) is 35.9 Å². The van der Waals surface area contributed by atoms with Crippen LogP contribution in [0.5, 0.6) is 0 Å². The van der Waals surface area contributed by atoms with Gasteiger partial charge in [-0.2, -0.15) is 5.10 Å². The van der Waals surface area contributed by atoms with Crippen LogP contribution in [-0.2, 0) is 28.5 Å². The molecule has 1 aromatic rings. The van der Waals surface area contributed by atoms with Crippen molar-refractivity contribution in [3.8, 4) is 0 Å². The van der Waals surface area contributed by atoms with E-state index in [9.17, 15) is 4.79 Å². The molecule has 1 amide bonds. The van der Waals surface area contributed by atoms with Gasteiger partial charge in [-0.05, 0) is 33.3 Å². The number of fused-ring (bicyclic) bond motifs is 3. The van der Waals surface area contributed by atoms with E-state index in [0.29, 0.717) is 0 Å². The Hall–Kier alpha value is -1.84. The minimum Gasteiger partial charge on any atom is -0.342 e. The van der Waals surface area contributed by atoms with Crippen molar-refractivity contribution in [3.63, 3.8) is 0 Å². The Bertz CT molecular complexity index is 735. The van der Waals surface area contributed by atoms with Gasteiger partial charge in [0.15, 0.2) is 24.0 Å². The van der Waals surface area contributed by atoms with Crippen molar-refractivity contribution in [2.75, 3.05) is 0 Å². The summed E-state index contributed by atoms with van der Waals surface area (Å²) in [5.74, 6) is -2.10. The van der Waals surface area contributed by atoms with Gasteiger partial charge in [0.2, 0.25) is 0 Å². The van der Waals surface area contributed by atoms with Crippen LogP contribution in [0.4, 0.5) is 0 Å². The quantitative estimate of drug-likeness (QED) is 0.636. The van der Waals surface area contributed by atoms with Crippen molar-refractivity contribution >= 4 is 12.1 Å². The highest BCUT2D eigenvalue weighted by Gasteiger charge is 2.62. The fraction of sp³-hybridized carbons (Fsp3) is 0.579. The van der Waals surface area contributed by atoms with Crippen molar-refractivity contribution in [2.45, 2.75) is 70.0 Å². The molecule has 3 aliphatic rings. The van der Waals surface area contributed by atoms with E-state index in [1.165, 1.54) is 0 Å². The molecule has 3 fully saturated rings. The maximum Gasteiger partial charge on any atom is 0.272 e. The highest BCUT2D eigenvalue weighted by Crippen LogP contribution is 2.44. The van der Waals surface area contributed by atoms with Crippen molar-refractivity contribution < 1.29 is 28.5 Å². The molecule has 0 aliphatic carbocycles. The van der Waals surface area contributed by atoms with Gasteiger partial charge in [0.1, 0.15) is 18.3 Å².